The van der Waals surface area contributed by atoms with Gasteiger partial charge >= 0.3 is 0 Å². The largest absolute Gasteiger partial charge is 0.495 e. The molecule has 2 rings (SSSR count). The van der Waals surface area contributed by atoms with E-state index in [-0.39, 0.29) is 19.0 Å². The van der Waals surface area contributed by atoms with Crippen LogP contribution in [0.3, 0.4) is 0 Å². The van der Waals surface area contributed by atoms with Gasteiger partial charge in [-0.05, 0) is 35.4 Å². The van der Waals surface area contributed by atoms with Crippen LogP contribution in [0, 0.1) is 17.1 Å². The number of hydrogen-bond donors (Lipinski definition) is 1. The van der Waals surface area contributed by atoms with Crippen LogP contribution >= 0.6 is 0 Å². The number of nitrogens with zero attached hydrogens (tertiary/aromatic N) is 1. The van der Waals surface area contributed by atoms with Gasteiger partial charge in [0.1, 0.15) is 30.0 Å². The van der Waals surface area contributed by atoms with Crippen LogP contribution in [0.5, 0.6) is 11.5 Å². The van der Waals surface area contributed by atoms with Gasteiger partial charge in [0.15, 0.2) is 0 Å². The molecule has 0 saturated carbocycles. The Hall–Kier alpha value is -2.58. The van der Waals surface area contributed by atoms with Crippen LogP contribution in [-0.4, -0.2) is 7.11 Å². The van der Waals surface area contributed by atoms with Gasteiger partial charge in [-0.3, -0.25) is 0 Å². The zero-order chi connectivity index (χ0) is 15.2. The van der Waals surface area contributed by atoms with E-state index in [1.807, 2.05) is 6.07 Å². The third-order valence-corrected chi connectivity index (χ3v) is 2.96. The first kappa shape index (κ1) is 14.8. The van der Waals surface area contributed by atoms with Crippen molar-refractivity contribution in [1.29, 1.82) is 5.26 Å². The van der Waals surface area contributed by atoms with E-state index in [0.717, 1.165) is 5.56 Å². The number of rotatable bonds is 5. The van der Waals surface area contributed by atoms with Crippen LogP contribution in [-0.2, 0) is 13.2 Å². The molecule has 0 bridgehead atoms. The average Bonchev–Trinajstić information content (AvgIpc) is 2.52. The smallest absolute Gasteiger partial charge is 0.137 e. The van der Waals surface area contributed by atoms with Gasteiger partial charge in [0.2, 0.25) is 0 Å². The fraction of sp³-hybridized carbons (Fsp3) is 0.188. The fourth-order valence-corrected chi connectivity index (χ4v) is 1.91. The summed E-state index contributed by atoms with van der Waals surface area (Å²) in [5.74, 6) is 0.518. The minimum absolute atomic E-state index is 0.246. The topological polar surface area (TPSA) is 68.3 Å². The lowest BCUT2D eigenvalue weighted by Gasteiger charge is -2.10. The van der Waals surface area contributed by atoms with Crippen LogP contribution in [0.15, 0.2) is 36.4 Å². The van der Waals surface area contributed by atoms with Gasteiger partial charge in [-0.2, -0.15) is 5.26 Å². The lowest BCUT2D eigenvalue weighted by molar-refractivity contribution is 0.303. The second-order valence-corrected chi connectivity index (χ2v) is 4.43. The average molecular weight is 286 g/mol. The van der Waals surface area contributed by atoms with Crippen LogP contribution in [0.25, 0.3) is 0 Å². The van der Waals surface area contributed by atoms with Crippen molar-refractivity contribution in [3.63, 3.8) is 0 Å². The molecule has 108 valence electrons. The molecule has 0 amide bonds. The molecule has 0 atom stereocenters. The first-order valence-corrected chi connectivity index (χ1v) is 6.35. The van der Waals surface area contributed by atoms with Crippen molar-refractivity contribution in [2.75, 3.05) is 7.11 Å². The van der Waals surface area contributed by atoms with Crippen LogP contribution in [0.2, 0.25) is 0 Å². The van der Waals surface area contributed by atoms with Gasteiger partial charge < -0.3 is 15.2 Å². The predicted octanol–water partition coefficient (Wildman–Crippen LogP) is 2.74. The number of benzene rings is 2. The monoisotopic (exact) mass is 286 g/mol. The zero-order valence-corrected chi connectivity index (χ0v) is 11.6. The normalized spacial score (nSPS) is 10.0. The molecule has 21 heavy (non-hydrogen) atoms. The maximum absolute atomic E-state index is 13.4. The van der Waals surface area contributed by atoms with E-state index in [9.17, 15) is 4.39 Å². The summed E-state index contributed by atoms with van der Waals surface area (Å²) in [5, 5.41) is 8.92. The summed E-state index contributed by atoms with van der Waals surface area (Å²) in [6.07, 6.45) is 0. The molecule has 0 fully saturated rings. The van der Waals surface area contributed by atoms with E-state index in [1.165, 1.54) is 19.2 Å². The zero-order valence-electron chi connectivity index (χ0n) is 11.6. The molecular formula is C16H15FN2O2. The molecule has 0 unspecified atom stereocenters. The Morgan fingerprint density at radius 2 is 2.00 bits per heavy atom. The van der Waals surface area contributed by atoms with Gasteiger partial charge in [-0.25, -0.2) is 4.39 Å². The fourth-order valence-electron chi connectivity index (χ4n) is 1.91. The first-order chi connectivity index (χ1) is 10.2. The van der Waals surface area contributed by atoms with Crippen molar-refractivity contribution in [3.05, 3.63) is 58.9 Å². The molecule has 0 spiro atoms. The molecule has 2 aromatic carbocycles. The second-order valence-electron chi connectivity index (χ2n) is 4.43. The molecule has 5 heteroatoms. The predicted molar refractivity (Wildman–Crippen MR) is 76.3 cm³/mol. The molecule has 2 N–H and O–H groups in total. The van der Waals surface area contributed by atoms with Crippen molar-refractivity contribution in [2.24, 2.45) is 5.73 Å². The Kier molecular flexibility index (Phi) is 4.75. The summed E-state index contributed by atoms with van der Waals surface area (Å²) >= 11 is 0. The number of methoxy groups -OCH3 is 1. The lowest BCUT2D eigenvalue weighted by Crippen LogP contribution is -2.01. The first-order valence-electron chi connectivity index (χ1n) is 6.35. The van der Waals surface area contributed by atoms with E-state index in [0.29, 0.717) is 22.6 Å². The Morgan fingerprint density at radius 3 is 2.67 bits per heavy atom. The Bertz CT molecular complexity index is 680. The molecule has 0 radical (unpaired) electrons. The summed E-state index contributed by atoms with van der Waals surface area (Å²) < 4.78 is 24.1. The summed E-state index contributed by atoms with van der Waals surface area (Å²) in [6, 6.07) is 11.6. The number of halogens is 1. The third-order valence-electron chi connectivity index (χ3n) is 2.96. The summed E-state index contributed by atoms with van der Waals surface area (Å²) in [5.41, 5.74) is 7.44. The Morgan fingerprint density at radius 1 is 1.19 bits per heavy atom. The molecule has 0 heterocycles. The number of nitrogens with two attached hydrogens (primary N) is 1. The van der Waals surface area contributed by atoms with Crippen molar-refractivity contribution >= 4 is 0 Å². The summed E-state index contributed by atoms with van der Waals surface area (Å²) in [6.45, 7) is 0.494. The van der Waals surface area contributed by atoms with Gasteiger partial charge in [0, 0.05) is 12.6 Å². The van der Waals surface area contributed by atoms with Crippen molar-refractivity contribution < 1.29 is 13.9 Å². The highest BCUT2D eigenvalue weighted by Gasteiger charge is 2.05. The van der Waals surface area contributed by atoms with E-state index >= 15 is 0 Å². The standard InChI is InChI=1S/C16H15FN2O2/c1-20-16-6-11(2-3-13(16)9-19)10-21-15-5-12(8-18)4-14(17)7-15/h2-7H,8,10,18H2,1H3. The Labute approximate surface area is 122 Å². The third kappa shape index (κ3) is 3.71. The molecule has 0 aromatic heterocycles. The number of hydrogen-bond acceptors (Lipinski definition) is 4. The quantitative estimate of drug-likeness (QED) is 0.917. The van der Waals surface area contributed by atoms with Gasteiger partial charge in [0.05, 0.1) is 12.7 Å². The summed E-state index contributed by atoms with van der Waals surface area (Å²) in [7, 11) is 1.50. The van der Waals surface area contributed by atoms with Crippen LogP contribution in [0.4, 0.5) is 4.39 Å². The van der Waals surface area contributed by atoms with E-state index in [2.05, 4.69) is 0 Å². The summed E-state index contributed by atoms with van der Waals surface area (Å²) in [4.78, 5) is 0. The van der Waals surface area contributed by atoms with E-state index in [4.69, 9.17) is 20.5 Å². The molecule has 0 saturated heterocycles. The lowest BCUT2D eigenvalue weighted by atomic mass is 10.1. The highest BCUT2D eigenvalue weighted by atomic mass is 19.1. The minimum atomic E-state index is -0.384. The second kappa shape index (κ2) is 6.73. The maximum atomic E-state index is 13.4. The molecule has 4 nitrogen and oxygen atoms in total. The Balaban J connectivity index is 2.13. The number of ether oxygens (including phenoxy) is 2. The molecule has 0 aliphatic carbocycles. The highest BCUT2D eigenvalue weighted by molar-refractivity contribution is 5.45. The van der Waals surface area contributed by atoms with Crippen molar-refractivity contribution in [1.82, 2.24) is 0 Å². The van der Waals surface area contributed by atoms with E-state index < -0.39 is 0 Å². The van der Waals surface area contributed by atoms with Gasteiger partial charge in [-0.15, -0.1) is 0 Å². The SMILES string of the molecule is COc1cc(COc2cc(F)cc(CN)c2)ccc1C#N. The van der Waals surface area contributed by atoms with Gasteiger partial charge in [0.25, 0.3) is 0 Å². The maximum Gasteiger partial charge on any atom is 0.137 e. The molecule has 2 aromatic rings. The minimum Gasteiger partial charge on any atom is -0.495 e. The van der Waals surface area contributed by atoms with Crippen LogP contribution < -0.4 is 15.2 Å². The van der Waals surface area contributed by atoms with Gasteiger partial charge in [-0.1, -0.05) is 6.07 Å². The van der Waals surface area contributed by atoms with E-state index in [1.54, 1.807) is 24.3 Å². The van der Waals surface area contributed by atoms with Crippen molar-refractivity contribution in [3.8, 4) is 17.6 Å². The molecule has 0 aliphatic rings. The molecule has 0 aliphatic heterocycles. The highest BCUT2D eigenvalue weighted by Crippen LogP contribution is 2.22. The molecular weight excluding hydrogens is 271 g/mol. The van der Waals surface area contributed by atoms with Crippen molar-refractivity contribution in [2.45, 2.75) is 13.2 Å². The van der Waals surface area contributed by atoms with Crippen LogP contribution in [0.1, 0.15) is 16.7 Å². The number of nitriles is 1.